The van der Waals surface area contributed by atoms with Gasteiger partial charge in [0.15, 0.2) is 11.3 Å². The molecule has 0 fully saturated rings. The van der Waals surface area contributed by atoms with E-state index in [4.69, 9.17) is 5.73 Å². The van der Waals surface area contributed by atoms with E-state index in [1.165, 1.54) is 17.1 Å². The van der Waals surface area contributed by atoms with E-state index in [1.54, 1.807) is 37.2 Å². The lowest BCUT2D eigenvalue weighted by molar-refractivity contribution is -0.141. The zero-order valence-corrected chi connectivity index (χ0v) is 16.7. The zero-order chi connectivity index (χ0) is 21.5. The van der Waals surface area contributed by atoms with Crippen LogP contribution < -0.4 is 10.6 Å². The monoisotopic (exact) mass is 435 g/mol. The Morgan fingerprint density at radius 1 is 1.27 bits per heavy atom. The molecular formula is C17H16F3N9S. The normalized spacial score (nSPS) is 11.9. The van der Waals surface area contributed by atoms with Crippen LogP contribution in [0.25, 0.3) is 16.9 Å². The van der Waals surface area contributed by atoms with Gasteiger partial charge in [-0.05, 0) is 12.1 Å². The standard InChI is InChI=1S/C17H16F3N9S/c1-28(2)13-5-10(3-4-22-13)29-7-9(15(26-29)17(18,19)20)8-30-11-6-12(21)23-16-14(11)24-27-25-16/h3-7H,8H2,1-2H3,(H3,21,23,24,25,27). The van der Waals surface area contributed by atoms with E-state index in [9.17, 15) is 13.2 Å². The number of nitrogen functional groups attached to an aromatic ring is 1. The topological polar surface area (TPSA) is 114 Å². The third-order valence-corrected chi connectivity index (χ3v) is 5.25. The summed E-state index contributed by atoms with van der Waals surface area (Å²) < 4.78 is 42.1. The first-order valence-corrected chi connectivity index (χ1v) is 9.60. The minimum Gasteiger partial charge on any atom is -0.384 e. The fraction of sp³-hybridized carbons (Fsp3) is 0.235. The van der Waals surface area contributed by atoms with Crippen LogP contribution in [0.3, 0.4) is 0 Å². The van der Waals surface area contributed by atoms with Crippen molar-refractivity contribution in [2.24, 2.45) is 0 Å². The molecule has 0 aliphatic rings. The molecule has 0 unspecified atom stereocenters. The fourth-order valence-corrected chi connectivity index (χ4v) is 3.78. The maximum atomic E-state index is 13.6. The van der Waals surface area contributed by atoms with Gasteiger partial charge in [0.2, 0.25) is 0 Å². The first-order chi connectivity index (χ1) is 14.2. The van der Waals surface area contributed by atoms with Crippen molar-refractivity contribution in [2.45, 2.75) is 16.8 Å². The highest BCUT2D eigenvalue weighted by atomic mass is 32.2. The number of nitrogens with one attached hydrogen (secondary N) is 1. The molecule has 4 heterocycles. The van der Waals surface area contributed by atoms with Crippen molar-refractivity contribution >= 4 is 34.6 Å². The molecule has 0 bridgehead atoms. The number of thioether (sulfide) groups is 1. The van der Waals surface area contributed by atoms with Gasteiger partial charge in [-0.25, -0.2) is 19.7 Å². The van der Waals surface area contributed by atoms with Crippen molar-refractivity contribution < 1.29 is 13.2 Å². The summed E-state index contributed by atoms with van der Waals surface area (Å²) in [5.74, 6) is 0.829. The first-order valence-electron chi connectivity index (χ1n) is 8.62. The van der Waals surface area contributed by atoms with Gasteiger partial charge in [0.25, 0.3) is 0 Å². The molecule has 13 heteroatoms. The lowest BCUT2D eigenvalue weighted by atomic mass is 10.3. The highest BCUT2D eigenvalue weighted by molar-refractivity contribution is 7.98. The lowest BCUT2D eigenvalue weighted by Crippen LogP contribution is -2.11. The van der Waals surface area contributed by atoms with E-state index < -0.39 is 11.9 Å². The zero-order valence-electron chi connectivity index (χ0n) is 15.8. The Morgan fingerprint density at radius 3 is 2.80 bits per heavy atom. The Balaban J connectivity index is 1.69. The molecule has 30 heavy (non-hydrogen) atoms. The molecule has 156 valence electrons. The van der Waals surface area contributed by atoms with Crippen molar-refractivity contribution in [1.82, 2.24) is 35.2 Å². The number of alkyl halides is 3. The van der Waals surface area contributed by atoms with Gasteiger partial charge in [-0.3, -0.25) is 0 Å². The van der Waals surface area contributed by atoms with Gasteiger partial charge in [-0.1, -0.05) is 5.21 Å². The summed E-state index contributed by atoms with van der Waals surface area (Å²) in [6.07, 6.45) is -1.71. The maximum absolute atomic E-state index is 13.6. The van der Waals surface area contributed by atoms with E-state index in [2.05, 4.69) is 30.5 Å². The molecule has 0 amide bonds. The minimum atomic E-state index is -4.60. The van der Waals surface area contributed by atoms with Gasteiger partial charge in [0.05, 0.1) is 5.69 Å². The van der Waals surface area contributed by atoms with Gasteiger partial charge in [0, 0.05) is 48.8 Å². The predicted octanol–water partition coefficient (Wildman–Crippen LogP) is 2.89. The summed E-state index contributed by atoms with van der Waals surface area (Å²) in [7, 11) is 3.59. The Hall–Kier alpha value is -3.35. The average molecular weight is 435 g/mol. The number of pyridine rings is 2. The number of aromatic amines is 1. The number of H-pyrrole nitrogens is 1. The molecule has 0 aromatic carbocycles. The molecule has 9 nitrogen and oxygen atoms in total. The van der Waals surface area contributed by atoms with E-state index in [0.717, 1.165) is 11.8 Å². The molecule has 0 aliphatic carbocycles. The largest absolute Gasteiger partial charge is 0.435 e. The van der Waals surface area contributed by atoms with Crippen LogP contribution in [0.1, 0.15) is 11.3 Å². The molecule has 4 aromatic heterocycles. The molecule has 0 saturated heterocycles. The van der Waals surface area contributed by atoms with E-state index in [-0.39, 0.29) is 17.1 Å². The number of anilines is 2. The number of nitrogens with zero attached hydrogens (tertiary/aromatic N) is 7. The Kier molecular flexibility index (Phi) is 4.97. The Morgan fingerprint density at radius 2 is 2.07 bits per heavy atom. The second-order valence-electron chi connectivity index (χ2n) is 6.55. The van der Waals surface area contributed by atoms with Crippen molar-refractivity contribution in [3.8, 4) is 5.69 Å². The summed E-state index contributed by atoms with van der Waals surface area (Å²) >= 11 is 1.15. The minimum absolute atomic E-state index is 0.00583. The smallest absolute Gasteiger partial charge is 0.384 e. The summed E-state index contributed by atoms with van der Waals surface area (Å²) in [5.41, 5.74) is 6.14. The third kappa shape index (κ3) is 3.87. The van der Waals surface area contributed by atoms with E-state index >= 15 is 0 Å². The maximum Gasteiger partial charge on any atom is 0.435 e. The number of halogens is 3. The summed E-state index contributed by atoms with van der Waals surface area (Å²) in [6, 6.07) is 4.81. The fourth-order valence-electron chi connectivity index (χ4n) is 2.78. The lowest BCUT2D eigenvalue weighted by Gasteiger charge is -2.12. The van der Waals surface area contributed by atoms with E-state index in [0.29, 0.717) is 27.6 Å². The molecule has 0 aliphatic heterocycles. The van der Waals surface area contributed by atoms with Gasteiger partial charge in [0.1, 0.15) is 17.2 Å². The number of nitrogens with two attached hydrogens (primary N) is 1. The molecule has 0 atom stereocenters. The summed E-state index contributed by atoms with van der Waals surface area (Å²) in [6.45, 7) is 0. The molecule has 3 N–H and O–H groups in total. The van der Waals surface area contributed by atoms with Crippen molar-refractivity contribution in [3.63, 3.8) is 0 Å². The van der Waals surface area contributed by atoms with Crippen LogP contribution >= 0.6 is 11.8 Å². The molecule has 4 aromatic rings. The number of hydrogen-bond acceptors (Lipinski definition) is 8. The Labute approximate surface area is 172 Å². The molecular weight excluding hydrogens is 419 g/mol. The number of hydrogen-bond donors (Lipinski definition) is 2. The third-order valence-electron chi connectivity index (χ3n) is 4.18. The highest BCUT2D eigenvalue weighted by Crippen LogP contribution is 2.36. The molecule has 4 rings (SSSR count). The highest BCUT2D eigenvalue weighted by Gasteiger charge is 2.37. The second kappa shape index (κ2) is 7.48. The van der Waals surface area contributed by atoms with Crippen LogP contribution in [0.4, 0.5) is 24.8 Å². The van der Waals surface area contributed by atoms with Crippen LogP contribution in [0, 0.1) is 0 Å². The quantitative estimate of drug-likeness (QED) is 0.460. The van der Waals surface area contributed by atoms with Gasteiger partial charge < -0.3 is 10.6 Å². The van der Waals surface area contributed by atoms with Crippen molar-refractivity contribution in [1.29, 1.82) is 0 Å². The second-order valence-corrected chi connectivity index (χ2v) is 7.57. The van der Waals surface area contributed by atoms with Crippen LogP contribution in [-0.2, 0) is 11.9 Å². The Bertz CT molecular complexity index is 1200. The van der Waals surface area contributed by atoms with Gasteiger partial charge in [-0.2, -0.15) is 18.3 Å². The summed E-state index contributed by atoms with van der Waals surface area (Å²) in [4.78, 5) is 10.6. The van der Waals surface area contributed by atoms with E-state index in [1.807, 2.05) is 0 Å². The van der Waals surface area contributed by atoms with Crippen LogP contribution in [0.15, 0.2) is 35.5 Å². The van der Waals surface area contributed by atoms with Gasteiger partial charge >= 0.3 is 6.18 Å². The number of fused-ring (bicyclic) bond motifs is 1. The molecule has 0 radical (unpaired) electrons. The van der Waals surface area contributed by atoms with Crippen LogP contribution in [-0.4, -0.2) is 49.3 Å². The van der Waals surface area contributed by atoms with Crippen LogP contribution in [0.5, 0.6) is 0 Å². The van der Waals surface area contributed by atoms with Crippen molar-refractivity contribution in [3.05, 3.63) is 41.9 Å². The first kappa shape index (κ1) is 19.9. The average Bonchev–Trinajstić information content (AvgIpc) is 3.32. The predicted molar refractivity (Wildman–Crippen MR) is 106 cm³/mol. The molecule has 0 saturated carbocycles. The van der Waals surface area contributed by atoms with Gasteiger partial charge in [-0.15, -0.1) is 16.9 Å². The molecule has 0 spiro atoms. The van der Waals surface area contributed by atoms with Crippen LogP contribution in [0.2, 0.25) is 0 Å². The SMILES string of the molecule is CN(C)c1cc(-n2cc(CSc3cc(N)nc4[nH]nnc34)c(C(F)(F)F)n2)ccn1. The number of aromatic nitrogens is 7. The number of rotatable bonds is 5. The summed E-state index contributed by atoms with van der Waals surface area (Å²) in [5, 5.41) is 14.0. The van der Waals surface area contributed by atoms with Crippen molar-refractivity contribution in [2.75, 3.05) is 24.7 Å².